The fraction of sp³-hybridized carbons (Fsp3) is 0.273. The maximum atomic E-state index is 13.5. The van der Waals surface area contributed by atoms with Crippen LogP contribution in [0.25, 0.3) is 0 Å². The van der Waals surface area contributed by atoms with E-state index in [2.05, 4.69) is 0 Å². The van der Waals surface area contributed by atoms with Crippen LogP contribution in [-0.4, -0.2) is 29.1 Å². The molecule has 102 valence electrons. The van der Waals surface area contributed by atoms with Gasteiger partial charge in [0.1, 0.15) is 5.82 Å². The Balaban J connectivity index is 0.000000312. The van der Waals surface area contributed by atoms with Gasteiger partial charge in [-0.25, -0.2) is 4.39 Å². The molecule has 2 rings (SSSR count). The van der Waals surface area contributed by atoms with Crippen molar-refractivity contribution in [2.75, 3.05) is 0 Å². The number of hydrogen-bond acceptors (Lipinski definition) is 4. The van der Waals surface area contributed by atoms with Crippen molar-refractivity contribution in [3.8, 4) is 0 Å². The molecule has 19 heavy (non-hydrogen) atoms. The van der Waals surface area contributed by atoms with E-state index in [0.717, 1.165) is 0 Å². The van der Waals surface area contributed by atoms with Crippen LogP contribution in [0.1, 0.15) is 29.3 Å². The fourth-order valence-corrected chi connectivity index (χ4v) is 1.47. The molecule has 0 bridgehead atoms. The average molecular weight is 269 g/mol. The highest BCUT2D eigenvalue weighted by Crippen LogP contribution is 2.15. The van der Waals surface area contributed by atoms with E-state index in [-0.39, 0.29) is 24.1 Å². The monoisotopic (exact) mass is 269 g/mol. The Morgan fingerprint density at radius 3 is 2.58 bits per heavy atom. The molecule has 0 atom stereocenters. The minimum atomic E-state index is -1.30. The average Bonchev–Trinajstić information content (AvgIpc) is 2.72. The van der Waals surface area contributed by atoms with Crippen LogP contribution in [0.4, 0.5) is 4.39 Å². The molecule has 0 fully saturated rings. The Kier molecular flexibility index (Phi) is 5.02. The van der Waals surface area contributed by atoms with E-state index in [9.17, 15) is 19.0 Å². The van der Waals surface area contributed by atoms with Gasteiger partial charge < -0.3 is 20.5 Å². The highest BCUT2D eigenvalue weighted by molar-refractivity contribution is 6.61. The predicted molar refractivity (Wildman–Crippen MR) is 65.2 cm³/mol. The third-order valence-electron chi connectivity index (χ3n) is 2.48. The Labute approximate surface area is 109 Å². The molecular weight excluding hydrogens is 256 g/mol. The third-order valence-corrected chi connectivity index (χ3v) is 2.48. The highest BCUT2D eigenvalue weighted by Gasteiger charge is 2.32. The second-order valence-electron chi connectivity index (χ2n) is 3.77. The van der Waals surface area contributed by atoms with Crippen molar-refractivity contribution in [1.29, 1.82) is 0 Å². The Morgan fingerprint density at radius 1 is 1.53 bits per heavy atom. The van der Waals surface area contributed by atoms with Crippen molar-refractivity contribution < 1.29 is 28.8 Å². The molecule has 1 aromatic rings. The molecule has 6 nitrogen and oxygen atoms in total. The first-order valence-electron chi connectivity index (χ1n) is 5.51. The number of nitrogens with two attached hydrogens (primary N) is 1. The van der Waals surface area contributed by atoms with Gasteiger partial charge >= 0.3 is 13.1 Å². The Morgan fingerprint density at radius 2 is 2.11 bits per heavy atom. The molecular formula is C11H13BFNO5. The van der Waals surface area contributed by atoms with Gasteiger partial charge in [0.2, 0.25) is 0 Å². The van der Waals surface area contributed by atoms with Crippen molar-refractivity contribution in [2.45, 2.75) is 20.0 Å². The van der Waals surface area contributed by atoms with Gasteiger partial charge in [-0.15, -0.1) is 0 Å². The molecule has 8 heteroatoms. The van der Waals surface area contributed by atoms with Crippen LogP contribution in [0, 0.1) is 5.82 Å². The summed E-state index contributed by atoms with van der Waals surface area (Å²) < 4.78 is 18.3. The minimum absolute atomic E-state index is 0.0151. The zero-order valence-electron chi connectivity index (χ0n) is 10.2. The Bertz CT molecular complexity index is 508. The number of amides is 1. The SMILES string of the molecule is CCC(=O)O.NC(=O)c1ccc2c(c1F)B(O)OC2. The van der Waals surface area contributed by atoms with Crippen LogP contribution >= 0.6 is 0 Å². The van der Waals surface area contributed by atoms with Gasteiger partial charge in [0.15, 0.2) is 0 Å². The van der Waals surface area contributed by atoms with Gasteiger partial charge in [-0.05, 0) is 11.6 Å². The molecule has 0 radical (unpaired) electrons. The zero-order chi connectivity index (χ0) is 14.6. The molecule has 0 unspecified atom stereocenters. The van der Waals surface area contributed by atoms with Crippen LogP contribution in [0.15, 0.2) is 12.1 Å². The molecule has 1 amide bonds. The molecule has 0 saturated carbocycles. The number of carbonyl (C=O) groups is 2. The lowest BCUT2D eigenvalue weighted by molar-refractivity contribution is -0.136. The number of carboxylic acid groups (broad SMARTS) is 1. The summed E-state index contributed by atoms with van der Waals surface area (Å²) in [5, 5.41) is 17.0. The minimum Gasteiger partial charge on any atom is -0.481 e. The molecule has 0 saturated heterocycles. The number of aliphatic carboxylic acids is 1. The molecule has 1 heterocycles. The number of primary amides is 1. The number of benzene rings is 1. The van der Waals surface area contributed by atoms with Gasteiger partial charge in [-0.2, -0.15) is 0 Å². The normalized spacial score (nSPS) is 12.5. The lowest BCUT2D eigenvalue weighted by Gasteiger charge is -2.03. The first kappa shape index (κ1) is 15.1. The number of fused-ring (bicyclic) bond motifs is 1. The van der Waals surface area contributed by atoms with Gasteiger partial charge in [0, 0.05) is 11.9 Å². The summed E-state index contributed by atoms with van der Waals surface area (Å²) >= 11 is 0. The zero-order valence-corrected chi connectivity index (χ0v) is 10.2. The lowest BCUT2D eigenvalue weighted by Crippen LogP contribution is -2.33. The van der Waals surface area contributed by atoms with Gasteiger partial charge in [-0.1, -0.05) is 13.0 Å². The smallest absolute Gasteiger partial charge is 0.481 e. The summed E-state index contributed by atoms with van der Waals surface area (Å²) in [4.78, 5) is 20.2. The number of rotatable bonds is 2. The molecule has 0 spiro atoms. The summed E-state index contributed by atoms with van der Waals surface area (Å²) in [7, 11) is -1.30. The number of hydrogen-bond donors (Lipinski definition) is 3. The summed E-state index contributed by atoms with van der Waals surface area (Å²) in [6, 6.07) is 2.81. The maximum absolute atomic E-state index is 13.5. The van der Waals surface area contributed by atoms with Gasteiger partial charge in [0.05, 0.1) is 12.2 Å². The highest BCUT2D eigenvalue weighted by atomic mass is 19.1. The fourth-order valence-electron chi connectivity index (χ4n) is 1.47. The van der Waals surface area contributed by atoms with Gasteiger partial charge in [-0.3, -0.25) is 9.59 Å². The first-order chi connectivity index (χ1) is 8.88. The first-order valence-corrected chi connectivity index (χ1v) is 5.51. The van der Waals surface area contributed by atoms with Crippen molar-refractivity contribution in [2.24, 2.45) is 5.73 Å². The molecule has 1 aliphatic rings. The van der Waals surface area contributed by atoms with Crippen LogP contribution in [-0.2, 0) is 16.1 Å². The standard InChI is InChI=1S/C8H7BFNO3.C3H6O2/c10-7-5(8(11)12)2-1-4-3-14-9(13)6(4)7;1-2-3(4)5/h1-2,13H,3H2,(H2,11,12);2H2,1H3,(H,4,5). The van der Waals surface area contributed by atoms with E-state index >= 15 is 0 Å². The van der Waals surface area contributed by atoms with Crippen molar-refractivity contribution in [3.05, 3.63) is 29.1 Å². The van der Waals surface area contributed by atoms with Crippen molar-refractivity contribution in [3.63, 3.8) is 0 Å². The predicted octanol–water partition coefficient (Wildman–Crippen LogP) is -0.377. The number of carboxylic acids is 1. The number of halogens is 1. The van der Waals surface area contributed by atoms with E-state index < -0.39 is 24.8 Å². The summed E-state index contributed by atoms with van der Waals surface area (Å²) in [5.41, 5.74) is 5.28. The molecule has 0 aromatic heterocycles. The summed E-state index contributed by atoms with van der Waals surface area (Å²) in [5.74, 6) is -2.39. The maximum Gasteiger partial charge on any atom is 0.494 e. The van der Waals surface area contributed by atoms with Crippen LogP contribution in [0.3, 0.4) is 0 Å². The van der Waals surface area contributed by atoms with Gasteiger partial charge in [0.25, 0.3) is 5.91 Å². The summed E-state index contributed by atoms with van der Waals surface area (Å²) in [6.45, 7) is 1.74. The topological polar surface area (TPSA) is 110 Å². The van der Waals surface area contributed by atoms with Crippen LogP contribution in [0.2, 0.25) is 0 Å². The molecule has 0 aliphatic carbocycles. The van der Waals surface area contributed by atoms with E-state index in [0.29, 0.717) is 5.56 Å². The second-order valence-corrected chi connectivity index (χ2v) is 3.77. The van der Waals surface area contributed by atoms with E-state index in [4.69, 9.17) is 15.5 Å². The van der Waals surface area contributed by atoms with Crippen molar-refractivity contribution >= 4 is 24.5 Å². The van der Waals surface area contributed by atoms with E-state index in [1.807, 2.05) is 0 Å². The van der Waals surface area contributed by atoms with E-state index in [1.165, 1.54) is 12.1 Å². The van der Waals surface area contributed by atoms with Crippen molar-refractivity contribution in [1.82, 2.24) is 0 Å². The molecule has 1 aromatic carbocycles. The lowest BCUT2D eigenvalue weighted by atomic mass is 9.78. The second kappa shape index (κ2) is 6.30. The molecule has 1 aliphatic heterocycles. The quantitative estimate of drug-likeness (QED) is 0.634. The molecule has 4 N–H and O–H groups in total. The third kappa shape index (κ3) is 3.52. The number of carbonyl (C=O) groups excluding carboxylic acids is 1. The van der Waals surface area contributed by atoms with Crippen LogP contribution in [0.5, 0.6) is 0 Å². The largest absolute Gasteiger partial charge is 0.494 e. The van der Waals surface area contributed by atoms with E-state index in [1.54, 1.807) is 6.92 Å². The van der Waals surface area contributed by atoms with Crippen LogP contribution < -0.4 is 11.2 Å². The Hall–Kier alpha value is -1.93. The summed E-state index contributed by atoms with van der Waals surface area (Å²) in [6.07, 6.45) is 0.222.